The Morgan fingerprint density at radius 3 is 2.45 bits per heavy atom. The fourth-order valence-corrected chi connectivity index (χ4v) is 4.08. The average Bonchev–Trinajstić information content (AvgIpc) is 2.72. The fraction of sp³-hybridized carbons (Fsp3) is 0.130. The molecule has 0 aliphatic heterocycles. The number of aryl methyl sites for hydroxylation is 1. The van der Waals surface area contributed by atoms with Crippen LogP contribution in [0.1, 0.15) is 16.7 Å². The lowest BCUT2D eigenvalue weighted by Crippen LogP contribution is -2.07. The third-order valence-electron chi connectivity index (χ3n) is 4.96. The summed E-state index contributed by atoms with van der Waals surface area (Å²) in [5.41, 5.74) is 3.33. The van der Waals surface area contributed by atoms with Crippen LogP contribution >= 0.6 is 0 Å². The van der Waals surface area contributed by atoms with Crippen molar-refractivity contribution in [2.45, 2.75) is 18.9 Å². The van der Waals surface area contributed by atoms with Crippen molar-refractivity contribution in [1.29, 1.82) is 0 Å². The number of rotatable bonds is 4. The number of hydrogen-bond acceptors (Lipinski definition) is 4. The van der Waals surface area contributed by atoms with Crippen LogP contribution in [0.3, 0.4) is 0 Å². The maximum Gasteiger partial charge on any atom is 0.418 e. The predicted molar refractivity (Wildman–Crippen MR) is 113 cm³/mol. The highest BCUT2D eigenvalue weighted by Gasteiger charge is 2.33. The minimum Gasteiger partial charge on any atom is -0.772 e. The summed E-state index contributed by atoms with van der Waals surface area (Å²) in [5, 5.41) is 0.417. The molecule has 0 saturated heterocycles. The molecule has 0 aliphatic carbocycles. The van der Waals surface area contributed by atoms with Crippen LogP contribution in [0.2, 0.25) is 0 Å². The molecular weight excluding hydrogens is 425 g/mol. The Labute approximate surface area is 179 Å². The van der Waals surface area contributed by atoms with E-state index < -0.39 is 22.8 Å². The molecule has 158 valence electrons. The molecule has 0 spiro atoms. The van der Waals surface area contributed by atoms with E-state index in [0.717, 1.165) is 28.3 Å². The largest absolute Gasteiger partial charge is 0.772 e. The Morgan fingerprint density at radius 1 is 0.968 bits per heavy atom. The van der Waals surface area contributed by atoms with Gasteiger partial charge in [-0.05, 0) is 52.9 Å². The highest BCUT2D eigenvalue weighted by molar-refractivity contribution is 7.78. The highest BCUT2D eigenvalue weighted by Crippen LogP contribution is 2.39. The van der Waals surface area contributed by atoms with Crippen LogP contribution in [0.15, 0.2) is 67.1 Å². The van der Waals surface area contributed by atoms with Crippen LogP contribution < -0.4 is 0 Å². The van der Waals surface area contributed by atoms with E-state index in [1.54, 1.807) is 25.3 Å². The van der Waals surface area contributed by atoms with E-state index in [1.165, 1.54) is 18.5 Å². The summed E-state index contributed by atoms with van der Waals surface area (Å²) in [5.74, 6) is -0.144. The average molecular weight is 441 g/mol. The molecule has 4 rings (SSSR count). The Kier molecular flexibility index (Phi) is 5.60. The first-order valence-corrected chi connectivity index (χ1v) is 10.5. The zero-order chi connectivity index (χ0) is 22.2. The zero-order valence-corrected chi connectivity index (χ0v) is 17.1. The molecule has 1 atom stereocenters. The molecule has 0 radical (unpaired) electrons. The summed E-state index contributed by atoms with van der Waals surface area (Å²) in [6.07, 6.45) is 0.0535. The van der Waals surface area contributed by atoms with Gasteiger partial charge in [-0.15, -0.1) is 0 Å². The van der Waals surface area contributed by atoms with E-state index in [0.29, 0.717) is 16.5 Å². The zero-order valence-electron chi connectivity index (χ0n) is 16.3. The first-order valence-electron chi connectivity index (χ1n) is 9.30. The number of halogens is 3. The molecule has 31 heavy (non-hydrogen) atoms. The first-order chi connectivity index (χ1) is 14.7. The Morgan fingerprint density at radius 2 is 1.71 bits per heavy atom. The second kappa shape index (κ2) is 8.20. The van der Waals surface area contributed by atoms with Crippen molar-refractivity contribution >= 4 is 22.0 Å². The van der Waals surface area contributed by atoms with Gasteiger partial charge in [0.15, 0.2) is 0 Å². The normalized spacial score (nSPS) is 12.8. The quantitative estimate of drug-likeness (QED) is 0.383. The third kappa shape index (κ3) is 4.35. The predicted octanol–water partition coefficient (Wildman–Crippen LogP) is 5.67. The van der Waals surface area contributed by atoms with Gasteiger partial charge in [-0.1, -0.05) is 41.4 Å². The Bertz CT molecular complexity index is 1310. The minimum absolute atomic E-state index is 0.0948. The van der Waals surface area contributed by atoms with E-state index in [-0.39, 0.29) is 11.3 Å². The molecule has 2 heterocycles. The summed E-state index contributed by atoms with van der Waals surface area (Å²) in [4.78, 5) is 8.18. The molecule has 0 bridgehead atoms. The van der Waals surface area contributed by atoms with Crippen molar-refractivity contribution in [3.8, 4) is 22.3 Å². The Balaban J connectivity index is 1.87. The van der Waals surface area contributed by atoms with Crippen LogP contribution in [0, 0.1) is 6.92 Å². The van der Waals surface area contributed by atoms with Gasteiger partial charge in [-0.2, -0.15) is 13.2 Å². The summed E-state index contributed by atoms with van der Waals surface area (Å²) in [6, 6.07) is 13.1. The van der Waals surface area contributed by atoms with Crippen molar-refractivity contribution in [2.24, 2.45) is 0 Å². The lowest BCUT2D eigenvalue weighted by molar-refractivity contribution is -0.136. The second-order valence-corrected chi connectivity index (χ2v) is 8.02. The Hall–Kier alpha value is -3.10. The van der Waals surface area contributed by atoms with E-state index in [1.807, 2.05) is 24.3 Å². The van der Waals surface area contributed by atoms with Gasteiger partial charge in [0.05, 0.1) is 11.1 Å². The second-order valence-electron chi connectivity index (χ2n) is 7.13. The van der Waals surface area contributed by atoms with Gasteiger partial charge in [-0.25, -0.2) is 0 Å². The fourth-order valence-electron chi connectivity index (χ4n) is 3.65. The van der Waals surface area contributed by atoms with Gasteiger partial charge in [0.2, 0.25) is 0 Å². The molecular formula is C23H16F3N2O2S-. The third-order valence-corrected chi connectivity index (χ3v) is 5.53. The minimum atomic E-state index is -4.51. The number of hydrogen-bond donors (Lipinski definition) is 0. The standard InChI is InChI=1S/C23H17F3N2O2S/c1-14-10-28-22-19(6-3-7-20(22)23(24,25)26)21(14)17-5-2-4-16(9-17)18-8-15(11-27-12-18)13-31(29)30/h2-12H,13H2,1H3,(H,29,30)/p-1. The lowest BCUT2D eigenvalue weighted by Gasteiger charge is -2.15. The highest BCUT2D eigenvalue weighted by atomic mass is 32.2. The summed E-state index contributed by atoms with van der Waals surface area (Å²) in [7, 11) is 0. The van der Waals surface area contributed by atoms with Crippen LogP contribution in [-0.2, 0) is 23.0 Å². The molecule has 8 heteroatoms. The number of benzene rings is 2. The molecule has 0 aliphatic rings. The van der Waals surface area contributed by atoms with E-state index in [9.17, 15) is 21.9 Å². The van der Waals surface area contributed by atoms with Crippen molar-refractivity contribution in [3.63, 3.8) is 0 Å². The molecule has 0 amide bonds. The molecule has 4 aromatic rings. The number of aromatic nitrogens is 2. The van der Waals surface area contributed by atoms with Crippen LogP contribution in [-0.4, -0.2) is 18.7 Å². The smallest absolute Gasteiger partial charge is 0.418 e. The summed E-state index contributed by atoms with van der Waals surface area (Å²) >= 11 is -2.23. The maximum atomic E-state index is 13.5. The number of para-hydroxylation sites is 1. The molecule has 1 unspecified atom stereocenters. The molecule has 4 nitrogen and oxygen atoms in total. The van der Waals surface area contributed by atoms with Gasteiger partial charge < -0.3 is 4.55 Å². The van der Waals surface area contributed by atoms with E-state index in [2.05, 4.69) is 9.97 Å². The van der Waals surface area contributed by atoms with Crippen molar-refractivity contribution < 1.29 is 21.9 Å². The van der Waals surface area contributed by atoms with Gasteiger partial charge in [0, 0.05) is 35.3 Å². The number of pyridine rings is 2. The van der Waals surface area contributed by atoms with Gasteiger partial charge in [0.25, 0.3) is 0 Å². The van der Waals surface area contributed by atoms with Crippen LogP contribution in [0.5, 0.6) is 0 Å². The van der Waals surface area contributed by atoms with Crippen molar-refractivity contribution in [2.75, 3.05) is 0 Å². The molecule has 0 saturated carbocycles. The molecule has 0 N–H and O–H groups in total. The number of fused-ring (bicyclic) bond motifs is 1. The maximum absolute atomic E-state index is 13.5. The first kappa shape index (κ1) is 21.1. The number of alkyl halides is 3. The molecule has 2 aromatic carbocycles. The summed E-state index contributed by atoms with van der Waals surface area (Å²) in [6.45, 7) is 1.81. The van der Waals surface area contributed by atoms with Gasteiger partial charge in [-0.3, -0.25) is 14.2 Å². The van der Waals surface area contributed by atoms with E-state index in [4.69, 9.17) is 0 Å². The van der Waals surface area contributed by atoms with Crippen LogP contribution in [0.25, 0.3) is 33.2 Å². The monoisotopic (exact) mass is 441 g/mol. The summed E-state index contributed by atoms with van der Waals surface area (Å²) < 4.78 is 62.4. The lowest BCUT2D eigenvalue weighted by atomic mass is 9.93. The molecule has 2 aromatic heterocycles. The SMILES string of the molecule is Cc1cnc2c(C(F)(F)F)cccc2c1-c1cccc(-c2cncc(CS(=O)[O-])c2)c1. The van der Waals surface area contributed by atoms with Gasteiger partial charge in [0.1, 0.15) is 0 Å². The van der Waals surface area contributed by atoms with Gasteiger partial charge >= 0.3 is 6.18 Å². The van der Waals surface area contributed by atoms with E-state index >= 15 is 0 Å². The van der Waals surface area contributed by atoms with Crippen LogP contribution in [0.4, 0.5) is 13.2 Å². The number of nitrogens with zero attached hydrogens (tertiary/aromatic N) is 2. The topological polar surface area (TPSA) is 65.9 Å². The molecule has 0 fully saturated rings. The van der Waals surface area contributed by atoms with Crippen molar-refractivity contribution in [1.82, 2.24) is 9.97 Å². The van der Waals surface area contributed by atoms with Crippen molar-refractivity contribution in [3.05, 3.63) is 83.8 Å².